The van der Waals surface area contributed by atoms with Crippen LogP contribution in [0.3, 0.4) is 0 Å². The Morgan fingerprint density at radius 3 is 1.71 bits per heavy atom. The van der Waals surface area contributed by atoms with Crippen LogP contribution in [0.5, 0.6) is 28.7 Å². The maximum atomic E-state index is 10.4. The highest BCUT2D eigenvalue weighted by atomic mass is 16.5. The lowest BCUT2D eigenvalue weighted by Gasteiger charge is -2.02. The van der Waals surface area contributed by atoms with E-state index in [4.69, 9.17) is 35.4 Å². The molecule has 0 radical (unpaired) electrons. The van der Waals surface area contributed by atoms with Gasteiger partial charge in [-0.15, -0.1) is 0 Å². The first-order valence-electron chi connectivity index (χ1n) is 6.25. The second-order valence-electron chi connectivity index (χ2n) is 4.36. The fourth-order valence-electron chi connectivity index (χ4n) is 1.54. The van der Waals surface area contributed by atoms with Crippen molar-refractivity contribution in [2.24, 2.45) is 0 Å². The summed E-state index contributed by atoms with van der Waals surface area (Å²) in [5.74, 6) is -4.29. The molecule has 0 heterocycles. The zero-order valence-electron chi connectivity index (χ0n) is 12.3. The van der Waals surface area contributed by atoms with E-state index in [1.807, 2.05) is 0 Å². The maximum Gasteiger partial charge on any atom is 0.335 e. The molecule has 128 valence electrons. The summed E-state index contributed by atoms with van der Waals surface area (Å²) in [7, 11) is 1.36. The molecule has 0 fully saturated rings. The summed E-state index contributed by atoms with van der Waals surface area (Å²) >= 11 is 0. The SMILES string of the molecule is COc1cc(C(=O)O)ccc1O.O=C(O)c1cc(O)c(O)c(O)c1. The lowest BCUT2D eigenvalue weighted by molar-refractivity contribution is 0.0685. The van der Waals surface area contributed by atoms with Gasteiger partial charge in [0.1, 0.15) is 0 Å². The molecule has 0 amide bonds. The summed E-state index contributed by atoms with van der Waals surface area (Å²) in [6.45, 7) is 0. The Kier molecular flexibility index (Phi) is 5.82. The molecule has 0 aliphatic heterocycles. The van der Waals surface area contributed by atoms with Crippen LogP contribution in [0.1, 0.15) is 20.7 Å². The van der Waals surface area contributed by atoms with Gasteiger partial charge < -0.3 is 35.4 Å². The Balaban J connectivity index is 0.000000240. The third-order valence-corrected chi connectivity index (χ3v) is 2.74. The first-order chi connectivity index (χ1) is 11.2. The molecule has 0 bridgehead atoms. The van der Waals surface area contributed by atoms with Crippen LogP contribution >= 0.6 is 0 Å². The summed E-state index contributed by atoms with van der Waals surface area (Å²) in [5.41, 5.74) is -0.201. The topological polar surface area (TPSA) is 165 Å². The summed E-state index contributed by atoms with van der Waals surface area (Å²) in [5, 5.41) is 52.6. The highest BCUT2D eigenvalue weighted by Crippen LogP contribution is 2.35. The Morgan fingerprint density at radius 1 is 0.792 bits per heavy atom. The number of hydrogen-bond acceptors (Lipinski definition) is 7. The predicted octanol–water partition coefficient (Wildman–Crippen LogP) is 1.60. The molecule has 24 heavy (non-hydrogen) atoms. The van der Waals surface area contributed by atoms with Crippen molar-refractivity contribution in [1.82, 2.24) is 0 Å². The second-order valence-corrected chi connectivity index (χ2v) is 4.36. The minimum absolute atomic E-state index is 0.0671. The van der Waals surface area contributed by atoms with Gasteiger partial charge in [-0.25, -0.2) is 9.59 Å². The van der Waals surface area contributed by atoms with E-state index in [0.29, 0.717) is 0 Å². The van der Waals surface area contributed by atoms with Gasteiger partial charge in [0.25, 0.3) is 0 Å². The Hall–Kier alpha value is -3.62. The van der Waals surface area contributed by atoms with E-state index >= 15 is 0 Å². The molecular weight excluding hydrogens is 324 g/mol. The van der Waals surface area contributed by atoms with Crippen LogP contribution < -0.4 is 4.74 Å². The van der Waals surface area contributed by atoms with Crippen molar-refractivity contribution in [3.8, 4) is 28.7 Å². The number of ether oxygens (including phenoxy) is 1. The number of hydrogen-bond donors (Lipinski definition) is 6. The molecule has 2 rings (SSSR count). The van der Waals surface area contributed by atoms with E-state index in [1.54, 1.807) is 0 Å². The molecule has 0 spiro atoms. The number of carboxylic acid groups (broad SMARTS) is 2. The quantitative estimate of drug-likeness (QED) is 0.456. The van der Waals surface area contributed by atoms with Crippen LogP contribution in [-0.4, -0.2) is 49.7 Å². The predicted molar refractivity (Wildman–Crippen MR) is 80.0 cm³/mol. The lowest BCUT2D eigenvalue weighted by atomic mass is 10.2. The van der Waals surface area contributed by atoms with Crippen molar-refractivity contribution in [2.75, 3.05) is 7.11 Å². The molecule has 0 unspecified atom stereocenters. The fraction of sp³-hybridized carbons (Fsp3) is 0.0667. The standard InChI is InChI=1S/C8H8O4.C7H6O5/c1-12-7-4-5(8(10)11)2-3-6(7)9;8-4-1-3(7(11)12)2-5(9)6(4)10/h2-4,9H,1H3,(H,10,11);1-2,8-10H,(H,11,12). The van der Waals surface area contributed by atoms with Gasteiger partial charge in [0, 0.05) is 0 Å². The molecular formula is C15H14O9. The second kappa shape index (κ2) is 7.58. The largest absolute Gasteiger partial charge is 0.504 e. The van der Waals surface area contributed by atoms with Crippen LogP contribution in [0.25, 0.3) is 0 Å². The summed E-state index contributed by atoms with van der Waals surface area (Å²) in [4.78, 5) is 20.8. The van der Waals surface area contributed by atoms with Crippen molar-refractivity contribution < 1.29 is 45.0 Å². The van der Waals surface area contributed by atoms with Crippen molar-refractivity contribution in [2.45, 2.75) is 0 Å². The van der Waals surface area contributed by atoms with Gasteiger partial charge in [0.2, 0.25) is 0 Å². The molecule has 0 aliphatic carbocycles. The number of methoxy groups -OCH3 is 1. The highest BCUT2D eigenvalue weighted by Gasteiger charge is 2.11. The first kappa shape index (κ1) is 18.4. The van der Waals surface area contributed by atoms with Crippen LogP contribution in [0.15, 0.2) is 30.3 Å². The molecule has 0 aromatic heterocycles. The molecule has 2 aromatic carbocycles. The number of carboxylic acids is 2. The van der Waals surface area contributed by atoms with Gasteiger partial charge in [-0.3, -0.25) is 0 Å². The Labute approximate surface area is 135 Å². The normalized spacial score (nSPS) is 9.54. The van der Waals surface area contributed by atoms with Gasteiger partial charge in [-0.1, -0.05) is 0 Å². The summed E-state index contributed by atoms with van der Waals surface area (Å²) in [6.07, 6.45) is 0. The van der Waals surface area contributed by atoms with Gasteiger partial charge in [-0.05, 0) is 30.3 Å². The first-order valence-corrected chi connectivity index (χ1v) is 6.25. The van der Waals surface area contributed by atoms with Gasteiger partial charge in [-0.2, -0.15) is 0 Å². The minimum atomic E-state index is -1.29. The third-order valence-electron chi connectivity index (χ3n) is 2.74. The maximum absolute atomic E-state index is 10.4. The lowest BCUT2D eigenvalue weighted by Crippen LogP contribution is -1.96. The molecule has 6 N–H and O–H groups in total. The van der Waals surface area contributed by atoms with E-state index in [0.717, 1.165) is 12.1 Å². The van der Waals surface area contributed by atoms with Gasteiger partial charge in [0.05, 0.1) is 18.2 Å². The fourth-order valence-corrected chi connectivity index (χ4v) is 1.54. The van der Waals surface area contributed by atoms with E-state index < -0.39 is 29.2 Å². The van der Waals surface area contributed by atoms with Crippen LogP contribution in [0, 0.1) is 0 Å². The van der Waals surface area contributed by atoms with Crippen LogP contribution in [-0.2, 0) is 0 Å². The van der Waals surface area contributed by atoms with Gasteiger partial charge >= 0.3 is 11.9 Å². The van der Waals surface area contributed by atoms with E-state index in [-0.39, 0.29) is 22.6 Å². The zero-order chi connectivity index (χ0) is 18.4. The number of carbonyl (C=O) groups is 2. The van der Waals surface area contributed by atoms with Crippen LogP contribution in [0.4, 0.5) is 0 Å². The average Bonchev–Trinajstić information content (AvgIpc) is 2.52. The zero-order valence-corrected chi connectivity index (χ0v) is 12.3. The van der Waals surface area contributed by atoms with E-state index in [1.165, 1.54) is 25.3 Å². The number of phenols is 4. The number of benzene rings is 2. The minimum Gasteiger partial charge on any atom is -0.504 e. The van der Waals surface area contributed by atoms with Crippen molar-refractivity contribution in [3.05, 3.63) is 41.5 Å². The smallest absolute Gasteiger partial charge is 0.335 e. The molecule has 9 nitrogen and oxygen atoms in total. The molecule has 0 aliphatic rings. The summed E-state index contributed by atoms with van der Waals surface area (Å²) in [6, 6.07) is 5.54. The highest BCUT2D eigenvalue weighted by molar-refractivity contribution is 5.89. The Morgan fingerprint density at radius 2 is 1.29 bits per heavy atom. The molecule has 2 aromatic rings. The number of aromatic carboxylic acids is 2. The molecule has 0 atom stereocenters. The number of rotatable bonds is 3. The Bertz CT molecular complexity index is 745. The van der Waals surface area contributed by atoms with Gasteiger partial charge in [0.15, 0.2) is 28.7 Å². The third kappa shape index (κ3) is 4.44. The van der Waals surface area contributed by atoms with Crippen molar-refractivity contribution in [1.29, 1.82) is 0 Å². The molecule has 9 heteroatoms. The van der Waals surface area contributed by atoms with E-state index in [9.17, 15) is 9.59 Å². The van der Waals surface area contributed by atoms with E-state index in [2.05, 4.69) is 0 Å². The van der Waals surface area contributed by atoms with Crippen molar-refractivity contribution in [3.63, 3.8) is 0 Å². The number of aromatic hydroxyl groups is 4. The molecule has 0 saturated carbocycles. The van der Waals surface area contributed by atoms with Crippen molar-refractivity contribution >= 4 is 11.9 Å². The molecule has 0 saturated heterocycles. The monoisotopic (exact) mass is 338 g/mol. The average molecular weight is 338 g/mol. The number of phenolic OH excluding ortho intramolecular Hbond substituents is 4. The summed E-state index contributed by atoms with van der Waals surface area (Å²) < 4.78 is 4.72. The van der Waals surface area contributed by atoms with Crippen LogP contribution in [0.2, 0.25) is 0 Å².